The Morgan fingerprint density at radius 1 is 1.35 bits per heavy atom. The number of aryl methyl sites for hydroxylation is 1. The molecule has 26 heavy (non-hydrogen) atoms. The topological polar surface area (TPSA) is 66.0 Å². The predicted octanol–water partition coefficient (Wildman–Crippen LogP) is 1.95. The van der Waals surface area contributed by atoms with E-state index in [2.05, 4.69) is 15.6 Å². The van der Waals surface area contributed by atoms with Crippen LogP contribution in [-0.4, -0.2) is 62.8 Å². The maximum atomic E-state index is 12.3. The molecule has 2 N–H and O–H groups in total. The van der Waals surface area contributed by atoms with Crippen molar-refractivity contribution in [1.82, 2.24) is 15.5 Å². The summed E-state index contributed by atoms with van der Waals surface area (Å²) in [4.78, 5) is 16.3. The fourth-order valence-electron chi connectivity index (χ4n) is 2.08. The van der Waals surface area contributed by atoms with Crippen molar-refractivity contribution in [2.75, 3.05) is 33.7 Å². The number of guanidine groups is 1. The second-order valence-electron chi connectivity index (χ2n) is 5.92. The second-order valence-corrected chi connectivity index (χ2v) is 5.92. The summed E-state index contributed by atoms with van der Waals surface area (Å²) in [6, 6.07) is 7.63. The van der Waals surface area contributed by atoms with Gasteiger partial charge < -0.3 is 20.3 Å². The van der Waals surface area contributed by atoms with Crippen LogP contribution in [0.2, 0.25) is 0 Å². The molecule has 0 aromatic heterocycles. The summed E-state index contributed by atoms with van der Waals surface area (Å²) < 4.78 is 42.6. The van der Waals surface area contributed by atoms with Gasteiger partial charge in [0.15, 0.2) is 5.96 Å². The first-order valence-electron chi connectivity index (χ1n) is 8.09. The molecular formula is C17H25F3N4O2. The van der Waals surface area contributed by atoms with Gasteiger partial charge >= 0.3 is 6.18 Å². The summed E-state index contributed by atoms with van der Waals surface area (Å²) in [7, 11) is 2.61. The maximum absolute atomic E-state index is 12.3. The highest BCUT2D eigenvalue weighted by Crippen LogP contribution is 2.15. The summed E-state index contributed by atoms with van der Waals surface area (Å²) in [5.41, 5.74) is 1.08. The number of likely N-dealkylation sites (N-methyl/N-ethyl adjacent to an activating group) is 1. The second kappa shape index (κ2) is 9.88. The Kier molecular flexibility index (Phi) is 8.21. The zero-order valence-corrected chi connectivity index (χ0v) is 15.4. The molecule has 146 valence electrons. The largest absolute Gasteiger partial charge is 0.489 e. The van der Waals surface area contributed by atoms with Crippen LogP contribution >= 0.6 is 0 Å². The first-order valence-corrected chi connectivity index (χ1v) is 8.09. The van der Waals surface area contributed by atoms with Crippen LogP contribution in [0.25, 0.3) is 0 Å². The van der Waals surface area contributed by atoms with E-state index in [-0.39, 0.29) is 12.6 Å². The molecule has 1 rings (SSSR count). The highest BCUT2D eigenvalue weighted by atomic mass is 19.4. The van der Waals surface area contributed by atoms with Crippen LogP contribution in [0.1, 0.15) is 12.5 Å². The molecule has 1 aromatic rings. The number of hydrogen-bond acceptors (Lipinski definition) is 3. The van der Waals surface area contributed by atoms with Gasteiger partial charge in [-0.3, -0.25) is 9.79 Å². The van der Waals surface area contributed by atoms with E-state index in [1.165, 1.54) is 7.05 Å². The van der Waals surface area contributed by atoms with E-state index in [9.17, 15) is 18.0 Å². The minimum atomic E-state index is -4.42. The monoisotopic (exact) mass is 374 g/mol. The fraction of sp³-hybridized carbons (Fsp3) is 0.529. The van der Waals surface area contributed by atoms with Gasteiger partial charge in [-0.2, -0.15) is 13.2 Å². The minimum Gasteiger partial charge on any atom is -0.489 e. The van der Waals surface area contributed by atoms with Gasteiger partial charge in [-0.1, -0.05) is 12.1 Å². The standard InChI is InChI=1S/C17H25F3N4O2/c1-12-6-5-7-14(8-12)26-13(2)9-22-16(21-3)23-10-15(25)24(4)11-17(18,19)20/h5-8,13H,9-11H2,1-4H3,(H2,21,22,23). The van der Waals surface area contributed by atoms with Gasteiger partial charge in [0.05, 0.1) is 13.1 Å². The number of amides is 1. The number of ether oxygens (including phenoxy) is 1. The van der Waals surface area contributed by atoms with E-state index in [0.29, 0.717) is 17.4 Å². The van der Waals surface area contributed by atoms with Crippen molar-refractivity contribution in [1.29, 1.82) is 0 Å². The molecule has 0 aliphatic heterocycles. The Hall–Kier alpha value is -2.45. The number of benzene rings is 1. The number of halogens is 3. The molecule has 1 atom stereocenters. The molecule has 1 unspecified atom stereocenters. The number of aliphatic imine (C=N–C) groups is 1. The molecular weight excluding hydrogens is 349 g/mol. The van der Waals surface area contributed by atoms with Crippen molar-refractivity contribution in [2.45, 2.75) is 26.1 Å². The summed E-state index contributed by atoms with van der Waals surface area (Å²) in [5, 5.41) is 5.66. The zero-order valence-electron chi connectivity index (χ0n) is 15.4. The molecule has 0 bridgehead atoms. The smallest absolute Gasteiger partial charge is 0.406 e. The predicted molar refractivity (Wildman–Crippen MR) is 94.3 cm³/mol. The Morgan fingerprint density at radius 3 is 2.62 bits per heavy atom. The Balaban J connectivity index is 2.39. The van der Waals surface area contributed by atoms with Crippen molar-refractivity contribution >= 4 is 11.9 Å². The first-order chi connectivity index (χ1) is 12.1. The third-order valence-corrected chi connectivity index (χ3v) is 3.36. The van der Waals surface area contributed by atoms with Crippen molar-refractivity contribution in [3.63, 3.8) is 0 Å². The van der Waals surface area contributed by atoms with Crippen LogP contribution in [0.5, 0.6) is 5.75 Å². The van der Waals surface area contributed by atoms with E-state index in [4.69, 9.17) is 4.74 Å². The van der Waals surface area contributed by atoms with Crippen molar-refractivity contribution in [3.05, 3.63) is 29.8 Å². The van der Waals surface area contributed by atoms with Gasteiger partial charge in [-0.25, -0.2) is 0 Å². The van der Waals surface area contributed by atoms with Crippen LogP contribution in [0.3, 0.4) is 0 Å². The molecule has 0 heterocycles. The van der Waals surface area contributed by atoms with E-state index in [0.717, 1.165) is 18.4 Å². The van der Waals surface area contributed by atoms with Gasteiger partial charge in [0.25, 0.3) is 0 Å². The Labute approximate surface area is 151 Å². The molecule has 0 aliphatic rings. The number of rotatable bonds is 7. The SMILES string of the molecule is CN=C(NCC(=O)N(C)CC(F)(F)F)NCC(C)Oc1cccc(C)c1. The lowest BCUT2D eigenvalue weighted by molar-refractivity contribution is -0.157. The summed E-state index contributed by atoms with van der Waals surface area (Å²) in [6.07, 6.45) is -4.61. The maximum Gasteiger partial charge on any atom is 0.406 e. The van der Waals surface area contributed by atoms with Crippen molar-refractivity contribution in [2.24, 2.45) is 4.99 Å². The van der Waals surface area contributed by atoms with Gasteiger partial charge in [0, 0.05) is 14.1 Å². The van der Waals surface area contributed by atoms with Crippen LogP contribution in [0.4, 0.5) is 13.2 Å². The van der Waals surface area contributed by atoms with Crippen LogP contribution < -0.4 is 15.4 Å². The van der Waals surface area contributed by atoms with Crippen LogP contribution in [0.15, 0.2) is 29.3 Å². The van der Waals surface area contributed by atoms with Crippen molar-refractivity contribution in [3.8, 4) is 5.75 Å². The molecule has 0 radical (unpaired) electrons. The van der Waals surface area contributed by atoms with E-state index in [1.54, 1.807) is 0 Å². The van der Waals surface area contributed by atoms with Gasteiger partial charge in [-0.05, 0) is 31.5 Å². The van der Waals surface area contributed by atoms with Crippen LogP contribution in [0, 0.1) is 6.92 Å². The number of alkyl halides is 3. The lowest BCUT2D eigenvalue weighted by atomic mass is 10.2. The molecule has 0 spiro atoms. The van der Waals surface area contributed by atoms with Gasteiger partial charge in [-0.15, -0.1) is 0 Å². The van der Waals surface area contributed by atoms with Gasteiger partial charge in [0.1, 0.15) is 18.4 Å². The quantitative estimate of drug-likeness (QED) is 0.566. The Bertz CT molecular complexity index is 620. The summed E-state index contributed by atoms with van der Waals surface area (Å²) >= 11 is 0. The van der Waals surface area contributed by atoms with E-state index < -0.39 is 18.6 Å². The highest BCUT2D eigenvalue weighted by molar-refractivity contribution is 5.86. The molecule has 6 nitrogen and oxygen atoms in total. The highest BCUT2D eigenvalue weighted by Gasteiger charge is 2.31. The number of hydrogen-bond donors (Lipinski definition) is 2. The summed E-state index contributed by atoms with van der Waals surface area (Å²) in [5.74, 6) is 0.360. The fourth-order valence-corrected chi connectivity index (χ4v) is 2.08. The number of carbonyl (C=O) groups is 1. The molecule has 0 aliphatic carbocycles. The van der Waals surface area contributed by atoms with Crippen LogP contribution in [-0.2, 0) is 4.79 Å². The lowest BCUT2D eigenvalue weighted by Crippen LogP contribution is -2.47. The molecule has 0 fully saturated rings. The molecule has 0 saturated heterocycles. The zero-order chi connectivity index (χ0) is 19.7. The first kappa shape index (κ1) is 21.6. The molecule has 0 saturated carbocycles. The third-order valence-electron chi connectivity index (χ3n) is 3.36. The number of nitrogens with zero attached hydrogens (tertiary/aromatic N) is 2. The summed E-state index contributed by atoms with van der Waals surface area (Å²) in [6.45, 7) is 2.65. The average Bonchev–Trinajstić information content (AvgIpc) is 2.53. The third kappa shape index (κ3) is 8.59. The van der Waals surface area contributed by atoms with E-state index >= 15 is 0 Å². The molecule has 9 heteroatoms. The van der Waals surface area contributed by atoms with E-state index in [1.807, 2.05) is 38.1 Å². The van der Waals surface area contributed by atoms with Crippen molar-refractivity contribution < 1.29 is 22.7 Å². The normalized spacial score (nSPS) is 13.1. The molecule has 1 amide bonds. The number of nitrogens with one attached hydrogen (secondary N) is 2. The Morgan fingerprint density at radius 2 is 2.04 bits per heavy atom. The number of carbonyl (C=O) groups excluding carboxylic acids is 1. The lowest BCUT2D eigenvalue weighted by Gasteiger charge is -2.21. The molecule has 1 aromatic carbocycles. The average molecular weight is 374 g/mol. The minimum absolute atomic E-state index is 0.182. The van der Waals surface area contributed by atoms with Gasteiger partial charge in [0.2, 0.25) is 5.91 Å².